The molecule has 9 heteroatoms. The second kappa shape index (κ2) is 7.09. The fraction of sp³-hybridized carbons (Fsp3) is 0.154. The minimum absolute atomic E-state index is 0.187. The first-order valence-corrected chi connectivity index (χ1v) is 5.73. The van der Waals surface area contributed by atoms with Gasteiger partial charge in [0.15, 0.2) is 6.10 Å². The molecule has 0 saturated carbocycles. The Balaban J connectivity index is 2.74. The van der Waals surface area contributed by atoms with E-state index < -0.39 is 41.7 Å². The number of rotatable bonds is 6. The molecule has 0 aliphatic heterocycles. The zero-order valence-electron chi connectivity index (χ0n) is 10.8. The number of esters is 1. The molecule has 0 fully saturated rings. The van der Waals surface area contributed by atoms with Crippen molar-refractivity contribution in [3.8, 4) is 0 Å². The molecule has 0 amide bonds. The molecule has 0 aromatic heterocycles. The number of aliphatic hydroxyl groups is 1. The van der Waals surface area contributed by atoms with Crippen LogP contribution in [0.2, 0.25) is 0 Å². The van der Waals surface area contributed by atoms with E-state index in [9.17, 15) is 24.0 Å². The largest absolute Gasteiger partial charge is 0.479 e. The second-order valence-corrected chi connectivity index (χ2v) is 4.02. The van der Waals surface area contributed by atoms with E-state index in [1.54, 1.807) is 0 Å². The van der Waals surface area contributed by atoms with Crippen LogP contribution in [0.4, 0.5) is 0 Å². The molecule has 0 radical (unpaired) electrons. The van der Waals surface area contributed by atoms with Crippen LogP contribution in [0.1, 0.15) is 0 Å². The quantitative estimate of drug-likeness (QED) is 0.233. The van der Waals surface area contributed by atoms with Gasteiger partial charge < -0.3 is 20.1 Å². The lowest BCUT2D eigenvalue weighted by Crippen LogP contribution is -2.42. The first-order chi connectivity index (χ1) is 10.2. The van der Waals surface area contributed by atoms with Gasteiger partial charge in [-0.2, -0.15) is 0 Å². The highest BCUT2D eigenvalue weighted by Crippen LogP contribution is 2.08. The maximum Gasteiger partial charge on any atom is 0.348 e. The molecular formula is C13H10O9. The number of carboxylic acid groups (broad SMARTS) is 2. The van der Waals surface area contributed by atoms with Gasteiger partial charge in [-0.05, 0) is 23.8 Å². The van der Waals surface area contributed by atoms with Gasteiger partial charge >= 0.3 is 17.9 Å². The molecule has 0 bridgehead atoms. The predicted molar refractivity (Wildman–Crippen MR) is 67.5 cm³/mol. The number of ketones is 2. The standard InChI is InChI=1S/C13H10O9/c14-7-3-1-6(5-8(7)15)2-4-9(16)22-11(13(20)21)10(17)12(18)19/h1-5,10-11,17H,(H,18,19)(H,20,21). The first-order valence-electron chi connectivity index (χ1n) is 5.73. The van der Waals surface area contributed by atoms with E-state index >= 15 is 0 Å². The lowest BCUT2D eigenvalue weighted by atomic mass is 10.0. The van der Waals surface area contributed by atoms with Gasteiger partial charge in [-0.15, -0.1) is 0 Å². The van der Waals surface area contributed by atoms with Crippen molar-refractivity contribution in [2.75, 3.05) is 0 Å². The van der Waals surface area contributed by atoms with Crippen LogP contribution in [-0.4, -0.2) is 57.0 Å². The Bertz CT molecular complexity index is 623. The van der Waals surface area contributed by atoms with Crippen molar-refractivity contribution < 1.29 is 44.0 Å². The third-order valence-corrected chi connectivity index (χ3v) is 2.41. The molecule has 1 rings (SSSR count). The summed E-state index contributed by atoms with van der Waals surface area (Å²) in [6.45, 7) is 0. The molecule has 1 aliphatic carbocycles. The van der Waals surface area contributed by atoms with E-state index in [1.807, 2.05) is 0 Å². The molecule has 3 N–H and O–H groups in total. The molecule has 116 valence electrons. The summed E-state index contributed by atoms with van der Waals surface area (Å²) >= 11 is 0. The van der Waals surface area contributed by atoms with E-state index in [0.717, 1.165) is 24.3 Å². The fourth-order valence-corrected chi connectivity index (χ4v) is 1.34. The maximum absolute atomic E-state index is 11.4. The van der Waals surface area contributed by atoms with Gasteiger partial charge in [0.05, 0.1) is 0 Å². The summed E-state index contributed by atoms with van der Waals surface area (Å²) in [4.78, 5) is 54.6. The van der Waals surface area contributed by atoms with Crippen LogP contribution in [0.15, 0.2) is 36.0 Å². The average Bonchev–Trinajstić information content (AvgIpc) is 2.44. The number of carbonyl (C=O) groups is 5. The van der Waals surface area contributed by atoms with Crippen molar-refractivity contribution in [2.24, 2.45) is 0 Å². The summed E-state index contributed by atoms with van der Waals surface area (Å²) in [6, 6.07) is 0. The molecule has 0 spiro atoms. The number of hydrogen-bond acceptors (Lipinski definition) is 7. The summed E-state index contributed by atoms with van der Waals surface area (Å²) < 4.78 is 4.31. The SMILES string of the molecule is O=C(C=CC1=CC(=O)C(=O)C=C1)OC(C(=O)O)C(O)C(=O)O. The van der Waals surface area contributed by atoms with Crippen LogP contribution in [-0.2, 0) is 28.7 Å². The van der Waals surface area contributed by atoms with Crippen molar-refractivity contribution in [1.29, 1.82) is 0 Å². The number of hydrogen-bond donors (Lipinski definition) is 3. The Labute approximate surface area is 122 Å². The van der Waals surface area contributed by atoms with Crippen molar-refractivity contribution in [2.45, 2.75) is 12.2 Å². The van der Waals surface area contributed by atoms with Crippen molar-refractivity contribution >= 4 is 29.5 Å². The highest BCUT2D eigenvalue weighted by atomic mass is 16.6. The van der Waals surface area contributed by atoms with E-state index in [1.165, 1.54) is 6.08 Å². The monoisotopic (exact) mass is 310 g/mol. The first kappa shape index (κ1) is 17.0. The van der Waals surface area contributed by atoms with E-state index in [-0.39, 0.29) is 5.57 Å². The van der Waals surface area contributed by atoms with Gasteiger partial charge in [0.2, 0.25) is 17.7 Å². The van der Waals surface area contributed by atoms with Crippen LogP contribution in [0.25, 0.3) is 0 Å². The molecule has 2 unspecified atom stereocenters. The molecule has 2 atom stereocenters. The molecule has 9 nitrogen and oxygen atoms in total. The Morgan fingerprint density at radius 2 is 1.68 bits per heavy atom. The molecule has 0 aromatic carbocycles. The van der Waals surface area contributed by atoms with Gasteiger partial charge in [0.1, 0.15) is 0 Å². The van der Waals surface area contributed by atoms with E-state index in [2.05, 4.69) is 4.74 Å². The van der Waals surface area contributed by atoms with Crippen molar-refractivity contribution in [1.82, 2.24) is 0 Å². The minimum atomic E-state index is -2.43. The average molecular weight is 310 g/mol. The maximum atomic E-state index is 11.4. The Morgan fingerprint density at radius 1 is 1.05 bits per heavy atom. The molecule has 0 aromatic rings. The summed E-state index contributed by atoms with van der Waals surface area (Å²) in [6.07, 6.45) is 0.262. The lowest BCUT2D eigenvalue weighted by Gasteiger charge is -2.15. The van der Waals surface area contributed by atoms with Crippen LogP contribution >= 0.6 is 0 Å². The summed E-state index contributed by atoms with van der Waals surface area (Å²) in [5.74, 6) is -6.47. The number of ether oxygens (including phenoxy) is 1. The number of aliphatic carboxylic acids is 2. The summed E-state index contributed by atoms with van der Waals surface area (Å²) in [5, 5.41) is 26.3. The minimum Gasteiger partial charge on any atom is -0.479 e. The third-order valence-electron chi connectivity index (χ3n) is 2.41. The van der Waals surface area contributed by atoms with Crippen LogP contribution < -0.4 is 0 Å². The molecule has 22 heavy (non-hydrogen) atoms. The Hall–Kier alpha value is -3.07. The van der Waals surface area contributed by atoms with Gasteiger partial charge in [-0.1, -0.05) is 6.08 Å². The fourth-order valence-electron chi connectivity index (χ4n) is 1.34. The van der Waals surface area contributed by atoms with Crippen molar-refractivity contribution in [3.63, 3.8) is 0 Å². The number of carbonyl (C=O) groups excluding carboxylic acids is 3. The van der Waals surface area contributed by atoms with Crippen LogP contribution in [0.3, 0.4) is 0 Å². The Kier molecular flexibility index (Phi) is 5.47. The van der Waals surface area contributed by atoms with Gasteiger partial charge in [0, 0.05) is 6.08 Å². The normalized spacial score (nSPS) is 17.0. The smallest absolute Gasteiger partial charge is 0.348 e. The van der Waals surface area contributed by atoms with Crippen LogP contribution in [0, 0.1) is 0 Å². The topological polar surface area (TPSA) is 155 Å². The van der Waals surface area contributed by atoms with Gasteiger partial charge in [-0.25, -0.2) is 14.4 Å². The molecule has 0 saturated heterocycles. The summed E-state index contributed by atoms with van der Waals surface area (Å²) in [5.41, 5.74) is 0.187. The summed E-state index contributed by atoms with van der Waals surface area (Å²) in [7, 11) is 0. The third kappa shape index (κ3) is 4.49. The highest BCUT2D eigenvalue weighted by molar-refractivity contribution is 6.46. The van der Waals surface area contributed by atoms with Gasteiger partial charge in [0.25, 0.3) is 0 Å². The lowest BCUT2D eigenvalue weighted by molar-refractivity contribution is -0.176. The highest BCUT2D eigenvalue weighted by Gasteiger charge is 2.35. The number of carboxylic acids is 2. The zero-order chi connectivity index (χ0) is 16.9. The second-order valence-electron chi connectivity index (χ2n) is 4.02. The van der Waals surface area contributed by atoms with Crippen LogP contribution in [0.5, 0.6) is 0 Å². The number of allylic oxidation sites excluding steroid dienone is 5. The Morgan fingerprint density at radius 3 is 2.18 bits per heavy atom. The molecule has 0 heterocycles. The number of aliphatic hydroxyl groups excluding tert-OH is 1. The van der Waals surface area contributed by atoms with E-state index in [0.29, 0.717) is 0 Å². The predicted octanol–water partition coefficient (Wildman–Crippen LogP) is -1.38. The van der Waals surface area contributed by atoms with Crippen molar-refractivity contribution in [3.05, 3.63) is 36.0 Å². The molecule has 1 aliphatic rings. The van der Waals surface area contributed by atoms with E-state index in [4.69, 9.17) is 15.3 Å². The zero-order valence-corrected chi connectivity index (χ0v) is 10.8. The molecular weight excluding hydrogens is 300 g/mol. The van der Waals surface area contributed by atoms with Gasteiger partial charge in [-0.3, -0.25) is 9.59 Å².